The van der Waals surface area contributed by atoms with Crippen molar-refractivity contribution in [2.45, 2.75) is 6.92 Å². The van der Waals surface area contributed by atoms with Crippen molar-refractivity contribution < 1.29 is 9.53 Å². The number of halogens is 1. The molecule has 0 unspecified atom stereocenters. The van der Waals surface area contributed by atoms with Crippen molar-refractivity contribution in [3.05, 3.63) is 34.0 Å². The molecule has 3 nitrogen and oxygen atoms in total. The Bertz CT molecular complexity index is 504. The van der Waals surface area contributed by atoms with Crippen LogP contribution in [0.5, 0.6) is 0 Å². The van der Waals surface area contributed by atoms with E-state index in [2.05, 4.69) is 22.6 Å². The lowest BCUT2D eigenvalue weighted by Gasteiger charge is -2.05. The largest absolute Gasteiger partial charge is 0.449 e. The maximum absolute atomic E-state index is 11.7. The minimum absolute atomic E-state index is 0.317. The molecule has 1 heterocycles. The number of rotatable bonds is 1. The third kappa shape index (κ3) is 1.86. The number of hydrogen-bond donors (Lipinski definition) is 0. The highest BCUT2D eigenvalue weighted by Crippen LogP contribution is 2.21. The van der Waals surface area contributed by atoms with Crippen LogP contribution in [0.25, 0.3) is 10.9 Å². The van der Waals surface area contributed by atoms with Crippen LogP contribution >= 0.6 is 22.6 Å². The van der Waals surface area contributed by atoms with Crippen LogP contribution in [0.3, 0.4) is 0 Å². The predicted octanol–water partition coefficient (Wildman–Crippen LogP) is 3.25. The summed E-state index contributed by atoms with van der Waals surface area (Å²) >= 11 is 2.13. The van der Waals surface area contributed by atoms with Gasteiger partial charge in [-0.25, -0.2) is 9.36 Å². The lowest BCUT2D eigenvalue weighted by Crippen LogP contribution is -2.14. The van der Waals surface area contributed by atoms with E-state index in [4.69, 9.17) is 4.74 Å². The maximum atomic E-state index is 11.7. The zero-order chi connectivity index (χ0) is 10.8. The standard InChI is InChI=1S/C11H10INO2/c1-2-15-11(14)13-9-6-4-3-5-8(9)7-10(13)12/h3-7H,2H2,1H3. The van der Waals surface area contributed by atoms with Crippen LogP contribution in [0.4, 0.5) is 4.79 Å². The van der Waals surface area contributed by atoms with Gasteiger partial charge in [0, 0.05) is 5.39 Å². The minimum Gasteiger partial charge on any atom is -0.449 e. The Labute approximate surface area is 101 Å². The van der Waals surface area contributed by atoms with Gasteiger partial charge < -0.3 is 4.74 Å². The summed E-state index contributed by atoms with van der Waals surface area (Å²) in [5.74, 6) is 0. The number of carbonyl (C=O) groups is 1. The van der Waals surface area contributed by atoms with E-state index < -0.39 is 0 Å². The van der Waals surface area contributed by atoms with Gasteiger partial charge in [-0.3, -0.25) is 0 Å². The van der Waals surface area contributed by atoms with Crippen molar-refractivity contribution in [3.8, 4) is 0 Å². The van der Waals surface area contributed by atoms with E-state index in [1.807, 2.05) is 30.3 Å². The lowest BCUT2D eigenvalue weighted by molar-refractivity contribution is 0.154. The summed E-state index contributed by atoms with van der Waals surface area (Å²) in [5.41, 5.74) is 0.889. The molecule has 0 aliphatic carbocycles. The first-order valence-corrected chi connectivity index (χ1v) is 5.75. The van der Waals surface area contributed by atoms with Gasteiger partial charge in [-0.1, -0.05) is 18.2 Å². The molecule has 0 spiro atoms. The zero-order valence-electron chi connectivity index (χ0n) is 8.24. The second-order valence-corrected chi connectivity index (χ2v) is 4.17. The first-order chi connectivity index (χ1) is 7.24. The zero-order valence-corrected chi connectivity index (χ0v) is 10.4. The normalized spacial score (nSPS) is 10.5. The smallest absolute Gasteiger partial charge is 0.419 e. The van der Waals surface area contributed by atoms with Crippen LogP contribution < -0.4 is 0 Å². The van der Waals surface area contributed by atoms with Gasteiger partial charge in [0.15, 0.2) is 0 Å². The maximum Gasteiger partial charge on any atom is 0.419 e. The van der Waals surface area contributed by atoms with E-state index in [9.17, 15) is 4.79 Å². The second-order valence-electron chi connectivity index (χ2n) is 3.06. The van der Waals surface area contributed by atoms with Crippen molar-refractivity contribution in [1.29, 1.82) is 0 Å². The third-order valence-electron chi connectivity index (χ3n) is 2.12. The van der Waals surface area contributed by atoms with Gasteiger partial charge in [-0.05, 0) is 41.6 Å². The Kier molecular flexibility index (Phi) is 2.95. The molecule has 2 rings (SSSR count). The van der Waals surface area contributed by atoms with Crippen molar-refractivity contribution in [2.75, 3.05) is 6.61 Å². The highest BCUT2D eigenvalue weighted by Gasteiger charge is 2.13. The topological polar surface area (TPSA) is 31.2 Å². The molecule has 0 fully saturated rings. The monoisotopic (exact) mass is 315 g/mol. The molecular weight excluding hydrogens is 305 g/mol. The average molecular weight is 315 g/mol. The quantitative estimate of drug-likeness (QED) is 0.757. The highest BCUT2D eigenvalue weighted by molar-refractivity contribution is 14.1. The van der Waals surface area contributed by atoms with Gasteiger partial charge in [0.25, 0.3) is 0 Å². The predicted molar refractivity (Wildman–Crippen MR) is 67.1 cm³/mol. The molecule has 0 saturated carbocycles. The van der Waals surface area contributed by atoms with Crippen LogP contribution in [0.1, 0.15) is 6.92 Å². The Morgan fingerprint density at radius 2 is 2.20 bits per heavy atom. The van der Waals surface area contributed by atoms with E-state index >= 15 is 0 Å². The van der Waals surface area contributed by atoms with E-state index in [0.717, 1.165) is 14.6 Å². The van der Waals surface area contributed by atoms with Gasteiger partial charge in [-0.15, -0.1) is 0 Å². The Balaban J connectivity index is 2.58. The Hall–Kier alpha value is -1.04. The van der Waals surface area contributed by atoms with E-state index in [0.29, 0.717) is 6.61 Å². The summed E-state index contributed by atoms with van der Waals surface area (Å²) in [6, 6.07) is 9.72. The molecule has 0 aliphatic rings. The second kappa shape index (κ2) is 4.22. The van der Waals surface area contributed by atoms with E-state index in [1.165, 1.54) is 0 Å². The van der Waals surface area contributed by atoms with Crippen LogP contribution in [0.2, 0.25) is 0 Å². The highest BCUT2D eigenvalue weighted by atomic mass is 127. The first kappa shape index (κ1) is 10.5. The third-order valence-corrected chi connectivity index (χ3v) is 2.91. The molecule has 0 N–H and O–H groups in total. The number of para-hydroxylation sites is 1. The number of fused-ring (bicyclic) bond motifs is 1. The van der Waals surface area contributed by atoms with Crippen molar-refractivity contribution >= 4 is 39.6 Å². The SMILES string of the molecule is CCOC(=O)n1c(I)cc2ccccc21. The fourth-order valence-electron chi connectivity index (χ4n) is 1.49. The fourth-order valence-corrected chi connectivity index (χ4v) is 2.29. The molecule has 15 heavy (non-hydrogen) atoms. The number of hydrogen-bond acceptors (Lipinski definition) is 2. The Morgan fingerprint density at radius 3 is 2.93 bits per heavy atom. The Morgan fingerprint density at radius 1 is 1.47 bits per heavy atom. The van der Waals surface area contributed by atoms with E-state index in [-0.39, 0.29) is 6.09 Å². The summed E-state index contributed by atoms with van der Waals surface area (Å²) < 4.78 is 7.44. The molecule has 1 aromatic heterocycles. The number of carbonyl (C=O) groups excluding carboxylic acids is 1. The fraction of sp³-hybridized carbons (Fsp3) is 0.182. The first-order valence-electron chi connectivity index (χ1n) is 4.67. The molecule has 0 bridgehead atoms. The summed E-state index contributed by atoms with van der Waals surface area (Å²) in [4.78, 5) is 11.7. The van der Waals surface area contributed by atoms with Crippen LogP contribution in [0.15, 0.2) is 30.3 Å². The van der Waals surface area contributed by atoms with Crippen LogP contribution in [-0.2, 0) is 4.74 Å². The number of nitrogens with zero attached hydrogens (tertiary/aromatic N) is 1. The molecule has 0 amide bonds. The van der Waals surface area contributed by atoms with Crippen molar-refractivity contribution in [3.63, 3.8) is 0 Å². The van der Waals surface area contributed by atoms with Gasteiger partial charge >= 0.3 is 6.09 Å². The van der Waals surface area contributed by atoms with Crippen LogP contribution in [0, 0.1) is 3.70 Å². The van der Waals surface area contributed by atoms with Gasteiger partial charge in [0.1, 0.15) is 0 Å². The molecular formula is C11H10INO2. The number of aromatic nitrogens is 1. The molecule has 0 atom stereocenters. The summed E-state index contributed by atoms with van der Waals surface area (Å²) in [7, 11) is 0. The van der Waals surface area contributed by atoms with Crippen molar-refractivity contribution in [1.82, 2.24) is 4.57 Å². The molecule has 0 saturated heterocycles. The molecule has 4 heteroatoms. The molecule has 0 radical (unpaired) electrons. The van der Waals surface area contributed by atoms with Crippen LogP contribution in [-0.4, -0.2) is 17.3 Å². The number of benzene rings is 1. The van der Waals surface area contributed by atoms with Gasteiger partial charge in [-0.2, -0.15) is 0 Å². The minimum atomic E-state index is -0.317. The molecule has 2 aromatic rings. The van der Waals surface area contributed by atoms with Gasteiger partial charge in [0.2, 0.25) is 0 Å². The average Bonchev–Trinajstić information content (AvgIpc) is 2.54. The van der Waals surface area contributed by atoms with Crippen molar-refractivity contribution in [2.24, 2.45) is 0 Å². The summed E-state index contributed by atoms with van der Waals surface area (Å²) in [6.07, 6.45) is -0.317. The summed E-state index contributed by atoms with van der Waals surface area (Å²) in [6.45, 7) is 2.19. The molecule has 78 valence electrons. The lowest BCUT2D eigenvalue weighted by atomic mass is 10.2. The van der Waals surface area contributed by atoms with E-state index in [1.54, 1.807) is 11.5 Å². The van der Waals surface area contributed by atoms with Gasteiger partial charge in [0.05, 0.1) is 15.8 Å². The summed E-state index contributed by atoms with van der Waals surface area (Å²) in [5, 5.41) is 1.05. The molecule has 1 aromatic carbocycles. The molecule has 0 aliphatic heterocycles. The number of ether oxygens (including phenoxy) is 1.